The van der Waals surface area contributed by atoms with E-state index in [1.807, 2.05) is 25.1 Å². The van der Waals surface area contributed by atoms with E-state index < -0.39 is 0 Å². The van der Waals surface area contributed by atoms with Gasteiger partial charge >= 0.3 is 0 Å². The highest BCUT2D eigenvalue weighted by atomic mass is 16.2. The van der Waals surface area contributed by atoms with Gasteiger partial charge in [0.05, 0.1) is 11.3 Å². The summed E-state index contributed by atoms with van der Waals surface area (Å²) < 4.78 is 0. The van der Waals surface area contributed by atoms with Crippen LogP contribution in [0, 0.1) is 0 Å². The molecule has 1 aliphatic rings. The topological polar surface area (TPSA) is 63.2 Å². The monoisotopic (exact) mass is 411 g/mol. The van der Waals surface area contributed by atoms with Gasteiger partial charge in [0.25, 0.3) is 5.91 Å². The molecule has 4 heteroatoms. The number of hydrogen-bond donors (Lipinski definition) is 1. The average Bonchev–Trinajstić information content (AvgIpc) is 2.81. The smallest absolute Gasteiger partial charge is 0.256 e. The van der Waals surface area contributed by atoms with Crippen LogP contribution in [0.3, 0.4) is 0 Å². The molecule has 0 bridgehead atoms. The number of anilines is 1. The summed E-state index contributed by atoms with van der Waals surface area (Å²) >= 11 is 0. The summed E-state index contributed by atoms with van der Waals surface area (Å²) in [7, 11) is 0. The molecule has 0 spiro atoms. The second kappa shape index (κ2) is 8.31. The van der Waals surface area contributed by atoms with Crippen molar-refractivity contribution in [1.29, 1.82) is 0 Å². The minimum atomic E-state index is -0.250. The molecule has 1 aliphatic carbocycles. The third-order valence-electron chi connectivity index (χ3n) is 6.13. The Morgan fingerprint density at radius 2 is 1.48 bits per heavy atom. The molecule has 4 nitrogen and oxygen atoms in total. The molecule has 0 heterocycles. The van der Waals surface area contributed by atoms with Gasteiger partial charge in [-0.05, 0) is 36.0 Å². The number of carbonyl (C=O) groups is 3. The van der Waals surface area contributed by atoms with Gasteiger partial charge in [0.15, 0.2) is 11.6 Å². The van der Waals surface area contributed by atoms with E-state index in [0.29, 0.717) is 27.9 Å². The van der Waals surface area contributed by atoms with Crippen molar-refractivity contribution in [2.45, 2.75) is 39.5 Å². The van der Waals surface area contributed by atoms with Crippen LogP contribution in [0.2, 0.25) is 0 Å². The van der Waals surface area contributed by atoms with Gasteiger partial charge in [0.1, 0.15) is 0 Å². The second-order valence-corrected chi connectivity index (χ2v) is 7.93. The zero-order valence-corrected chi connectivity index (χ0v) is 18.0. The first-order chi connectivity index (χ1) is 15.0. The van der Waals surface area contributed by atoms with Gasteiger partial charge in [0, 0.05) is 22.3 Å². The lowest BCUT2D eigenvalue weighted by molar-refractivity contribution is 0.0978. The average molecular weight is 412 g/mol. The lowest BCUT2D eigenvalue weighted by Crippen LogP contribution is -2.24. The lowest BCUT2D eigenvalue weighted by Gasteiger charge is -2.22. The molecule has 1 amide bonds. The van der Waals surface area contributed by atoms with Crippen LogP contribution in [0.15, 0.2) is 60.7 Å². The number of rotatable bonds is 5. The summed E-state index contributed by atoms with van der Waals surface area (Å²) in [5, 5.41) is 2.95. The van der Waals surface area contributed by atoms with Crippen LogP contribution in [-0.2, 0) is 6.42 Å². The van der Waals surface area contributed by atoms with E-state index in [2.05, 4.69) is 19.2 Å². The first kappa shape index (κ1) is 20.7. The van der Waals surface area contributed by atoms with Gasteiger partial charge in [-0.2, -0.15) is 0 Å². The van der Waals surface area contributed by atoms with E-state index in [4.69, 9.17) is 0 Å². The maximum absolute atomic E-state index is 13.4. The molecule has 1 atom stereocenters. The highest BCUT2D eigenvalue weighted by Crippen LogP contribution is 2.33. The fraction of sp³-hybridized carbons (Fsp3) is 0.222. The Hall–Kier alpha value is -3.53. The van der Waals surface area contributed by atoms with E-state index in [0.717, 1.165) is 24.0 Å². The predicted octanol–water partition coefficient (Wildman–Crippen LogP) is 5.79. The third-order valence-corrected chi connectivity index (χ3v) is 6.13. The Morgan fingerprint density at radius 3 is 2.16 bits per heavy atom. The van der Waals surface area contributed by atoms with Crippen molar-refractivity contribution in [3.05, 3.63) is 99.6 Å². The minimum absolute atomic E-state index is 0.199. The molecular weight excluding hydrogens is 386 g/mol. The molecule has 0 saturated heterocycles. The molecule has 4 rings (SSSR count). The Kier molecular flexibility index (Phi) is 5.55. The van der Waals surface area contributed by atoms with Gasteiger partial charge in [0.2, 0.25) is 0 Å². The Balaban J connectivity index is 1.79. The molecule has 0 radical (unpaired) electrons. The molecule has 0 fully saturated rings. The number of carbonyl (C=O) groups excluding carboxylic acids is 3. The molecular formula is C27H25NO3. The Morgan fingerprint density at radius 1 is 0.839 bits per heavy atom. The summed E-state index contributed by atoms with van der Waals surface area (Å²) in [5.41, 5.74) is 4.36. The van der Waals surface area contributed by atoms with Crippen LogP contribution in [0.5, 0.6) is 0 Å². The van der Waals surface area contributed by atoms with Crippen molar-refractivity contribution in [2.75, 3.05) is 5.32 Å². The molecule has 31 heavy (non-hydrogen) atoms. The fourth-order valence-corrected chi connectivity index (χ4v) is 4.26. The summed E-state index contributed by atoms with van der Waals surface area (Å²) in [6.07, 6.45) is 1.64. The van der Waals surface area contributed by atoms with Crippen molar-refractivity contribution in [1.82, 2.24) is 0 Å². The van der Waals surface area contributed by atoms with Crippen LogP contribution in [-0.4, -0.2) is 17.5 Å². The van der Waals surface area contributed by atoms with Crippen LogP contribution in [0.25, 0.3) is 0 Å². The zero-order chi connectivity index (χ0) is 22.1. The van der Waals surface area contributed by atoms with Gasteiger partial charge in [-0.25, -0.2) is 0 Å². The van der Waals surface area contributed by atoms with Crippen molar-refractivity contribution < 1.29 is 14.4 Å². The first-order valence-electron chi connectivity index (χ1n) is 10.7. The number of ketones is 2. The van der Waals surface area contributed by atoms with Crippen molar-refractivity contribution in [3.63, 3.8) is 0 Å². The van der Waals surface area contributed by atoms with E-state index in [1.165, 1.54) is 0 Å². The molecule has 1 N–H and O–H groups in total. The summed E-state index contributed by atoms with van der Waals surface area (Å²) in [6.45, 7) is 6.23. The highest BCUT2D eigenvalue weighted by molar-refractivity contribution is 6.30. The van der Waals surface area contributed by atoms with Gasteiger partial charge in [-0.15, -0.1) is 0 Å². The quantitative estimate of drug-likeness (QED) is 0.452. The van der Waals surface area contributed by atoms with Crippen LogP contribution < -0.4 is 5.32 Å². The van der Waals surface area contributed by atoms with E-state index in [9.17, 15) is 14.4 Å². The summed E-state index contributed by atoms with van der Waals surface area (Å²) in [4.78, 5) is 39.7. The zero-order valence-electron chi connectivity index (χ0n) is 18.0. The molecule has 0 aromatic heterocycles. The first-order valence-corrected chi connectivity index (χ1v) is 10.7. The maximum Gasteiger partial charge on any atom is 0.256 e. The highest BCUT2D eigenvalue weighted by Gasteiger charge is 2.32. The maximum atomic E-state index is 13.4. The number of amides is 1. The van der Waals surface area contributed by atoms with Crippen molar-refractivity contribution in [2.24, 2.45) is 0 Å². The Labute approximate surface area is 182 Å². The molecule has 156 valence electrons. The van der Waals surface area contributed by atoms with Crippen LogP contribution in [0.1, 0.15) is 86.4 Å². The second-order valence-electron chi connectivity index (χ2n) is 7.93. The van der Waals surface area contributed by atoms with Gasteiger partial charge < -0.3 is 5.32 Å². The number of aryl methyl sites for hydroxylation is 1. The van der Waals surface area contributed by atoms with E-state index in [1.54, 1.807) is 42.5 Å². The van der Waals surface area contributed by atoms with Crippen molar-refractivity contribution in [3.8, 4) is 0 Å². The minimum Gasteiger partial charge on any atom is -0.321 e. The predicted molar refractivity (Wildman–Crippen MR) is 122 cm³/mol. The molecule has 3 aromatic carbocycles. The third kappa shape index (κ3) is 3.48. The fourth-order valence-electron chi connectivity index (χ4n) is 4.26. The number of benzene rings is 3. The summed E-state index contributed by atoms with van der Waals surface area (Å²) in [5.74, 6) is -0.463. The number of hydrogen-bond acceptors (Lipinski definition) is 3. The standard InChI is InChI=1S/C27H25NO3/c1-4-16(3)18-13-8-10-17(5-2)23(18)27(31)28-22-15-9-14-21-24(22)26(30)20-12-7-6-11-19(20)25(21)29/h6-16H,4-5H2,1-3H3,(H,28,31). The normalized spacial score (nSPS) is 13.4. The van der Waals surface area contributed by atoms with E-state index >= 15 is 0 Å². The molecule has 0 aliphatic heterocycles. The molecule has 0 saturated carbocycles. The van der Waals surface area contributed by atoms with Gasteiger partial charge in [-0.3, -0.25) is 14.4 Å². The number of fused-ring (bicyclic) bond motifs is 2. The van der Waals surface area contributed by atoms with Gasteiger partial charge in [-0.1, -0.05) is 75.4 Å². The van der Waals surface area contributed by atoms with E-state index in [-0.39, 0.29) is 29.0 Å². The molecule has 3 aromatic rings. The molecule has 1 unspecified atom stereocenters. The van der Waals surface area contributed by atoms with Crippen molar-refractivity contribution >= 4 is 23.2 Å². The SMILES string of the molecule is CCc1cccc(C(C)CC)c1C(=O)Nc1cccc2c1C(=O)c1ccccc1C2=O. The van der Waals surface area contributed by atoms with Crippen LogP contribution in [0.4, 0.5) is 5.69 Å². The summed E-state index contributed by atoms with van der Waals surface area (Å²) in [6, 6.07) is 17.8. The Bertz CT molecular complexity index is 1210. The van der Waals surface area contributed by atoms with Crippen LogP contribution >= 0.6 is 0 Å². The largest absolute Gasteiger partial charge is 0.321 e. The lowest BCUT2D eigenvalue weighted by atomic mass is 9.83. The number of nitrogens with one attached hydrogen (secondary N) is 1.